The van der Waals surface area contributed by atoms with E-state index in [2.05, 4.69) is 9.98 Å². The Balaban J connectivity index is 1.96. The van der Waals surface area contributed by atoms with Gasteiger partial charge in [-0.2, -0.15) is 5.26 Å². The van der Waals surface area contributed by atoms with Crippen LogP contribution in [0, 0.1) is 16.7 Å². The lowest BCUT2D eigenvalue weighted by Crippen LogP contribution is -2.45. The normalized spacial score (nSPS) is 34.8. The number of ether oxygens (including phenoxy) is 3. The quantitative estimate of drug-likeness (QED) is 0.456. The van der Waals surface area contributed by atoms with Crippen LogP contribution in [-0.2, 0) is 14.2 Å². The molecular formula is C15H19N5O4. The Kier molecular flexibility index (Phi) is 3.93. The molecule has 0 radical (unpaired) electrons. The average Bonchev–Trinajstić information content (AvgIpc) is 3.20. The first kappa shape index (κ1) is 16.6. The molecule has 1 aromatic heterocycles. The third kappa shape index (κ3) is 2.50. The molecule has 1 aromatic rings. The van der Waals surface area contributed by atoms with Crippen molar-refractivity contribution in [2.45, 2.75) is 43.5 Å². The number of aliphatic imine (C=N–C) groups is 1. The SMILES string of the molecule is CC1(C)O[C@H]2C(c3ccc(/C(N)=N\C=N)[nH]3)O[C@](C#N)(CO)[C@H]2O1. The fraction of sp³-hybridized carbons (Fsp3) is 0.533. The van der Waals surface area contributed by atoms with Crippen LogP contribution in [0.25, 0.3) is 0 Å². The van der Waals surface area contributed by atoms with E-state index in [1.165, 1.54) is 0 Å². The maximum atomic E-state index is 9.70. The molecule has 2 fully saturated rings. The first-order chi connectivity index (χ1) is 11.4. The first-order valence-corrected chi connectivity index (χ1v) is 7.43. The fourth-order valence-corrected chi connectivity index (χ4v) is 3.09. The summed E-state index contributed by atoms with van der Waals surface area (Å²) in [6.07, 6.45) is -1.06. The minimum atomic E-state index is -1.50. The summed E-state index contributed by atoms with van der Waals surface area (Å²) in [5, 5.41) is 26.2. The number of hydrogen-bond donors (Lipinski definition) is 4. The zero-order valence-corrected chi connectivity index (χ0v) is 13.3. The van der Waals surface area contributed by atoms with Gasteiger partial charge in [0, 0.05) is 5.69 Å². The minimum absolute atomic E-state index is 0.156. The van der Waals surface area contributed by atoms with Gasteiger partial charge in [0.25, 0.3) is 0 Å². The van der Waals surface area contributed by atoms with E-state index < -0.39 is 36.3 Å². The van der Waals surface area contributed by atoms with Crippen LogP contribution in [-0.4, -0.2) is 52.5 Å². The molecule has 2 aliphatic heterocycles. The number of aromatic amines is 1. The number of nitriles is 1. The summed E-state index contributed by atoms with van der Waals surface area (Å²) in [6, 6.07) is 5.45. The van der Waals surface area contributed by atoms with Crippen molar-refractivity contribution in [3.8, 4) is 6.07 Å². The molecule has 0 aromatic carbocycles. The topological polar surface area (TPSA) is 150 Å². The third-order valence-electron chi connectivity index (χ3n) is 4.14. The lowest BCUT2D eigenvalue weighted by molar-refractivity contribution is -0.204. The largest absolute Gasteiger partial charge is 0.392 e. The van der Waals surface area contributed by atoms with E-state index in [1.54, 1.807) is 26.0 Å². The number of rotatable bonds is 4. The van der Waals surface area contributed by atoms with E-state index in [-0.39, 0.29) is 5.84 Å². The third-order valence-corrected chi connectivity index (χ3v) is 4.14. The Bertz CT molecular complexity index is 722. The van der Waals surface area contributed by atoms with E-state index in [9.17, 15) is 10.4 Å². The highest BCUT2D eigenvalue weighted by Crippen LogP contribution is 2.49. The molecule has 128 valence electrons. The molecule has 3 heterocycles. The summed E-state index contributed by atoms with van der Waals surface area (Å²) in [4.78, 5) is 6.76. The Morgan fingerprint density at radius 1 is 1.50 bits per heavy atom. The molecule has 2 aliphatic rings. The van der Waals surface area contributed by atoms with Gasteiger partial charge < -0.3 is 30.0 Å². The summed E-state index contributed by atoms with van der Waals surface area (Å²) in [5.41, 5.74) is 5.39. The maximum absolute atomic E-state index is 9.70. The Labute approximate surface area is 138 Å². The highest BCUT2D eigenvalue weighted by molar-refractivity contribution is 5.99. The summed E-state index contributed by atoms with van der Waals surface area (Å²) >= 11 is 0. The van der Waals surface area contributed by atoms with Crippen LogP contribution in [0.4, 0.5) is 0 Å². The number of nitrogens with one attached hydrogen (secondary N) is 2. The van der Waals surface area contributed by atoms with Crippen molar-refractivity contribution in [1.82, 2.24) is 4.98 Å². The fourth-order valence-electron chi connectivity index (χ4n) is 3.09. The number of fused-ring (bicyclic) bond motifs is 1. The van der Waals surface area contributed by atoms with Crippen LogP contribution in [0.3, 0.4) is 0 Å². The van der Waals surface area contributed by atoms with Gasteiger partial charge in [-0.3, -0.25) is 5.41 Å². The molecule has 0 bridgehead atoms. The summed E-state index contributed by atoms with van der Waals surface area (Å²) in [6.45, 7) is 2.99. The standard InChI is InChI=1S/C15H19N5O4/c1-14(2)22-11-10(23-15(5-16,6-21)12(11)24-14)8-3-4-9(20-8)13(18)19-7-17/h3-4,7,10-12,20-21H,6H2,1-2H3,(H3,17,18,19)/t10?,11-,12-,15+/m0/s1. The number of nitrogens with two attached hydrogens (primary N) is 1. The van der Waals surface area contributed by atoms with E-state index in [0.717, 1.165) is 6.34 Å². The second-order valence-electron chi connectivity index (χ2n) is 6.19. The van der Waals surface area contributed by atoms with Crippen molar-refractivity contribution in [2.24, 2.45) is 10.7 Å². The summed E-state index contributed by atoms with van der Waals surface area (Å²) in [7, 11) is 0. The molecule has 0 spiro atoms. The van der Waals surface area contributed by atoms with Crippen LogP contribution in [0.15, 0.2) is 17.1 Å². The van der Waals surface area contributed by atoms with Gasteiger partial charge in [0.15, 0.2) is 5.79 Å². The molecule has 1 unspecified atom stereocenters. The van der Waals surface area contributed by atoms with Crippen LogP contribution < -0.4 is 5.73 Å². The lowest BCUT2D eigenvalue weighted by atomic mass is 9.96. The number of aliphatic hydroxyl groups is 1. The van der Waals surface area contributed by atoms with Crippen molar-refractivity contribution in [3.05, 3.63) is 23.5 Å². The average molecular weight is 333 g/mol. The monoisotopic (exact) mass is 333 g/mol. The Hall–Kier alpha value is -2.25. The van der Waals surface area contributed by atoms with Gasteiger partial charge >= 0.3 is 0 Å². The maximum Gasteiger partial charge on any atom is 0.206 e. The number of nitrogens with zero attached hydrogens (tertiary/aromatic N) is 2. The van der Waals surface area contributed by atoms with Gasteiger partial charge in [0.05, 0.1) is 12.3 Å². The van der Waals surface area contributed by atoms with Crippen molar-refractivity contribution < 1.29 is 19.3 Å². The first-order valence-electron chi connectivity index (χ1n) is 7.43. The van der Waals surface area contributed by atoms with E-state index in [1.807, 2.05) is 6.07 Å². The Morgan fingerprint density at radius 2 is 2.25 bits per heavy atom. The Morgan fingerprint density at radius 3 is 2.88 bits per heavy atom. The van der Waals surface area contributed by atoms with Crippen molar-refractivity contribution in [1.29, 1.82) is 10.7 Å². The molecule has 0 aliphatic carbocycles. The van der Waals surface area contributed by atoms with Gasteiger partial charge in [-0.05, 0) is 26.0 Å². The van der Waals surface area contributed by atoms with Gasteiger partial charge in [0.2, 0.25) is 5.60 Å². The van der Waals surface area contributed by atoms with Crippen LogP contribution >= 0.6 is 0 Å². The van der Waals surface area contributed by atoms with Gasteiger partial charge in [-0.1, -0.05) is 0 Å². The van der Waals surface area contributed by atoms with Crippen LogP contribution in [0.2, 0.25) is 0 Å². The highest BCUT2D eigenvalue weighted by Gasteiger charge is 2.63. The van der Waals surface area contributed by atoms with Crippen molar-refractivity contribution >= 4 is 12.2 Å². The van der Waals surface area contributed by atoms with E-state index in [4.69, 9.17) is 25.4 Å². The van der Waals surface area contributed by atoms with Crippen LogP contribution in [0.1, 0.15) is 31.3 Å². The highest BCUT2D eigenvalue weighted by atomic mass is 16.8. The predicted octanol–water partition coefficient (Wildman–Crippen LogP) is 0.173. The molecule has 5 N–H and O–H groups in total. The molecule has 3 rings (SSSR count). The predicted molar refractivity (Wildman–Crippen MR) is 83.4 cm³/mol. The van der Waals surface area contributed by atoms with Gasteiger partial charge in [-0.25, -0.2) is 4.99 Å². The molecule has 0 amide bonds. The number of hydrogen-bond acceptors (Lipinski definition) is 6. The summed E-state index contributed by atoms with van der Waals surface area (Å²) < 4.78 is 17.5. The molecule has 2 saturated heterocycles. The van der Waals surface area contributed by atoms with E-state index >= 15 is 0 Å². The van der Waals surface area contributed by atoms with E-state index in [0.29, 0.717) is 11.4 Å². The molecule has 9 nitrogen and oxygen atoms in total. The van der Waals surface area contributed by atoms with Gasteiger partial charge in [-0.15, -0.1) is 0 Å². The smallest absolute Gasteiger partial charge is 0.206 e. The molecule has 0 saturated carbocycles. The zero-order valence-electron chi connectivity index (χ0n) is 13.3. The molecular weight excluding hydrogens is 314 g/mol. The van der Waals surface area contributed by atoms with Gasteiger partial charge in [0.1, 0.15) is 36.6 Å². The number of amidine groups is 1. The zero-order chi connectivity index (χ0) is 17.5. The second kappa shape index (κ2) is 5.68. The number of aromatic nitrogens is 1. The lowest BCUT2D eigenvalue weighted by Gasteiger charge is -2.27. The van der Waals surface area contributed by atoms with Crippen molar-refractivity contribution in [3.63, 3.8) is 0 Å². The van der Waals surface area contributed by atoms with Crippen molar-refractivity contribution in [2.75, 3.05) is 6.61 Å². The van der Waals surface area contributed by atoms with Crippen LogP contribution in [0.5, 0.6) is 0 Å². The molecule has 24 heavy (non-hydrogen) atoms. The molecule has 4 atom stereocenters. The summed E-state index contributed by atoms with van der Waals surface area (Å²) in [5.74, 6) is -0.728. The second-order valence-corrected chi connectivity index (χ2v) is 6.19. The minimum Gasteiger partial charge on any atom is -0.392 e. The molecule has 9 heteroatoms. The number of aliphatic hydroxyl groups excluding tert-OH is 1. The number of H-pyrrole nitrogens is 1.